The third-order valence-electron chi connectivity index (χ3n) is 1.54. The summed E-state index contributed by atoms with van der Waals surface area (Å²) in [4.78, 5) is 3.20. The summed E-state index contributed by atoms with van der Waals surface area (Å²) >= 11 is 5.42. The first-order valence-corrected chi connectivity index (χ1v) is 6.29. The van der Waals surface area contributed by atoms with Crippen LogP contribution >= 0.6 is 22.3 Å². The molecule has 0 spiro atoms. The molecule has 0 aliphatic rings. The van der Waals surface area contributed by atoms with E-state index in [-0.39, 0.29) is 0 Å². The summed E-state index contributed by atoms with van der Waals surface area (Å²) in [7, 11) is 0.429. The van der Waals surface area contributed by atoms with E-state index in [1.165, 1.54) is 6.07 Å². The summed E-state index contributed by atoms with van der Waals surface area (Å²) in [6.07, 6.45) is -3.16. The Hall–Kier alpha value is -0.970. The number of pyridine rings is 1. The average molecular weight is 287 g/mol. The summed E-state index contributed by atoms with van der Waals surface area (Å²) in [6.45, 7) is 0. The number of alkyl halides is 2. The first kappa shape index (κ1) is 13.1. The van der Waals surface area contributed by atoms with Gasteiger partial charge in [-0.25, -0.2) is 22.2 Å². The Balaban J connectivity index is 3.69. The van der Waals surface area contributed by atoms with Crippen LogP contribution in [0.15, 0.2) is 11.1 Å². The molecule has 0 bridgehead atoms. The highest BCUT2D eigenvalue weighted by molar-refractivity contribution is 8.13. The van der Waals surface area contributed by atoms with E-state index in [1.54, 1.807) is 0 Å². The van der Waals surface area contributed by atoms with Crippen molar-refractivity contribution in [3.63, 3.8) is 0 Å². The molecule has 0 radical (unpaired) electrons. The molecule has 86 valence electrons. The molecular weight excluding hydrogens is 285 g/mol. The van der Waals surface area contributed by atoms with Crippen LogP contribution in [0.5, 0.6) is 0 Å². The molecule has 1 aromatic rings. The fourth-order valence-corrected chi connectivity index (χ4v) is 2.30. The molecule has 0 atom stereocenters. The molecule has 0 N–H and O–H groups in total. The van der Waals surface area contributed by atoms with Crippen molar-refractivity contribution in [2.24, 2.45) is 0 Å². The minimum atomic E-state index is -4.49. The second-order valence-electron chi connectivity index (χ2n) is 2.56. The predicted octanol–water partition coefficient (Wildman–Crippen LogP) is 2.47. The molecule has 16 heavy (non-hydrogen) atoms. The molecule has 9 heteroatoms. The molecule has 0 aliphatic heterocycles. The van der Waals surface area contributed by atoms with E-state index in [0.29, 0.717) is 0 Å². The van der Waals surface area contributed by atoms with E-state index in [0.717, 1.165) is 6.07 Å². The number of aromatic nitrogens is 1. The monoisotopic (exact) mass is 286 g/mol. The first-order valence-electron chi connectivity index (χ1n) is 3.60. The van der Waals surface area contributed by atoms with Crippen LogP contribution in [0.1, 0.15) is 17.7 Å². The molecule has 0 saturated heterocycles. The van der Waals surface area contributed by atoms with Gasteiger partial charge in [0.1, 0.15) is 11.8 Å². The van der Waals surface area contributed by atoms with E-state index in [2.05, 4.69) is 4.98 Å². The van der Waals surface area contributed by atoms with Gasteiger partial charge in [-0.15, -0.1) is 0 Å². The van der Waals surface area contributed by atoms with Gasteiger partial charge in [-0.1, -0.05) is 11.6 Å². The Kier molecular flexibility index (Phi) is 3.68. The molecule has 0 amide bonds. The molecule has 1 heterocycles. The van der Waals surface area contributed by atoms with E-state index in [1.807, 2.05) is 0 Å². The molecule has 0 fully saturated rings. The van der Waals surface area contributed by atoms with Gasteiger partial charge in [0, 0.05) is 10.7 Å². The van der Waals surface area contributed by atoms with Crippen molar-refractivity contribution in [2.75, 3.05) is 0 Å². The maximum Gasteiger partial charge on any atom is 0.279 e. The Morgan fingerprint density at radius 1 is 1.50 bits per heavy atom. The van der Waals surface area contributed by atoms with Crippen LogP contribution < -0.4 is 0 Å². The zero-order valence-electron chi connectivity index (χ0n) is 7.29. The number of nitriles is 1. The van der Waals surface area contributed by atoms with Crippen LogP contribution in [0, 0.1) is 11.3 Å². The molecule has 4 nitrogen and oxygen atoms in total. The standard InChI is InChI=1S/C7H2Cl2F2N2O2S/c8-4-1-3(2-12)13-7(16(9,14)15)5(4)6(10)11/h1,6H. The van der Waals surface area contributed by atoms with Crippen molar-refractivity contribution >= 4 is 31.3 Å². The quantitative estimate of drug-likeness (QED) is 0.783. The number of hydrogen-bond acceptors (Lipinski definition) is 4. The molecular formula is C7H2Cl2F2N2O2S. The second kappa shape index (κ2) is 4.49. The number of nitrogens with zero attached hydrogens (tertiary/aromatic N) is 2. The minimum Gasteiger partial charge on any atom is -0.224 e. The zero-order valence-corrected chi connectivity index (χ0v) is 9.61. The predicted molar refractivity (Wildman–Crippen MR) is 52.0 cm³/mol. The SMILES string of the molecule is N#Cc1cc(Cl)c(C(F)F)c(S(=O)(=O)Cl)n1. The second-order valence-corrected chi connectivity index (χ2v) is 5.45. The average Bonchev–Trinajstić information content (AvgIpc) is 2.14. The van der Waals surface area contributed by atoms with Gasteiger partial charge in [-0.05, 0) is 6.07 Å². The maximum absolute atomic E-state index is 12.5. The lowest BCUT2D eigenvalue weighted by Crippen LogP contribution is -2.05. The van der Waals surface area contributed by atoms with Gasteiger partial charge in [0.05, 0.1) is 10.6 Å². The Labute approximate surface area is 98.8 Å². The fourth-order valence-electron chi connectivity index (χ4n) is 0.943. The van der Waals surface area contributed by atoms with Gasteiger partial charge in [-0.3, -0.25) is 0 Å². The van der Waals surface area contributed by atoms with E-state index < -0.39 is 36.8 Å². The summed E-state index contributed by atoms with van der Waals surface area (Å²) in [5.74, 6) is 0. The Bertz CT molecular complexity index is 568. The van der Waals surface area contributed by atoms with Gasteiger partial charge < -0.3 is 0 Å². The third-order valence-corrected chi connectivity index (χ3v) is 3.06. The van der Waals surface area contributed by atoms with E-state index in [9.17, 15) is 17.2 Å². The highest BCUT2D eigenvalue weighted by Crippen LogP contribution is 2.33. The summed E-state index contributed by atoms with van der Waals surface area (Å²) in [5.41, 5.74) is -1.41. The molecule has 0 saturated carbocycles. The van der Waals surface area contributed by atoms with Crippen molar-refractivity contribution in [3.05, 3.63) is 22.3 Å². The van der Waals surface area contributed by atoms with Crippen LogP contribution in [0.3, 0.4) is 0 Å². The topological polar surface area (TPSA) is 70.8 Å². The van der Waals surface area contributed by atoms with Gasteiger partial charge in [0.15, 0.2) is 5.03 Å². The van der Waals surface area contributed by atoms with Gasteiger partial charge in [0.2, 0.25) is 0 Å². The highest BCUT2D eigenvalue weighted by Gasteiger charge is 2.27. The lowest BCUT2D eigenvalue weighted by molar-refractivity contribution is 0.147. The van der Waals surface area contributed by atoms with Gasteiger partial charge in [0.25, 0.3) is 15.5 Å². The summed E-state index contributed by atoms with van der Waals surface area (Å²) < 4.78 is 47.0. The zero-order chi connectivity index (χ0) is 12.5. The van der Waals surface area contributed by atoms with Crippen LogP contribution in [-0.2, 0) is 9.05 Å². The van der Waals surface area contributed by atoms with Crippen LogP contribution in [0.4, 0.5) is 8.78 Å². The number of hydrogen-bond donors (Lipinski definition) is 0. The summed E-state index contributed by atoms with van der Waals surface area (Å²) in [6, 6.07) is 2.32. The van der Waals surface area contributed by atoms with Gasteiger partial charge in [-0.2, -0.15) is 5.26 Å². The molecule has 0 aliphatic carbocycles. The minimum absolute atomic E-state index is 0.409. The van der Waals surface area contributed by atoms with Crippen molar-refractivity contribution in [2.45, 2.75) is 11.5 Å². The highest BCUT2D eigenvalue weighted by atomic mass is 35.7. The molecule has 0 aromatic carbocycles. The van der Waals surface area contributed by atoms with Crippen LogP contribution in [0.25, 0.3) is 0 Å². The van der Waals surface area contributed by atoms with Crippen molar-refractivity contribution in [1.29, 1.82) is 5.26 Å². The fraction of sp³-hybridized carbons (Fsp3) is 0.143. The largest absolute Gasteiger partial charge is 0.279 e. The first-order chi connectivity index (χ1) is 7.27. The summed E-state index contributed by atoms with van der Waals surface area (Å²) in [5, 5.41) is 6.83. The van der Waals surface area contributed by atoms with Crippen molar-refractivity contribution < 1.29 is 17.2 Å². The normalized spacial score (nSPS) is 11.5. The third kappa shape index (κ3) is 2.58. The van der Waals surface area contributed by atoms with E-state index in [4.69, 9.17) is 27.5 Å². The number of rotatable bonds is 2. The molecule has 1 rings (SSSR count). The molecule has 0 unspecified atom stereocenters. The van der Waals surface area contributed by atoms with Crippen molar-refractivity contribution in [3.8, 4) is 6.07 Å². The lowest BCUT2D eigenvalue weighted by atomic mass is 10.2. The smallest absolute Gasteiger partial charge is 0.224 e. The van der Waals surface area contributed by atoms with E-state index >= 15 is 0 Å². The van der Waals surface area contributed by atoms with Crippen molar-refractivity contribution in [1.82, 2.24) is 4.98 Å². The maximum atomic E-state index is 12.5. The number of halogens is 4. The molecule has 1 aromatic heterocycles. The lowest BCUT2D eigenvalue weighted by Gasteiger charge is -2.07. The van der Waals surface area contributed by atoms with Gasteiger partial charge >= 0.3 is 0 Å². The van der Waals surface area contributed by atoms with Crippen LogP contribution in [0.2, 0.25) is 5.02 Å². The Morgan fingerprint density at radius 3 is 2.44 bits per heavy atom. The Morgan fingerprint density at radius 2 is 2.06 bits per heavy atom. The van der Waals surface area contributed by atoms with Crippen LogP contribution in [-0.4, -0.2) is 13.4 Å².